The molecule has 452 valence electrons. The van der Waals surface area contributed by atoms with Gasteiger partial charge >= 0.3 is 0 Å². The summed E-state index contributed by atoms with van der Waals surface area (Å²) in [5.74, 6) is 0. The Hall–Kier alpha value is -11.9. The zero-order chi connectivity index (χ0) is 63.7. The van der Waals surface area contributed by atoms with Crippen molar-refractivity contribution in [1.82, 2.24) is 22.8 Å². The van der Waals surface area contributed by atoms with Gasteiger partial charge in [0.25, 0.3) is 0 Å². The van der Waals surface area contributed by atoms with Crippen LogP contribution in [0.4, 0.5) is 0 Å². The highest BCUT2D eigenvalue weighted by Crippen LogP contribution is 2.39. The lowest BCUT2D eigenvalue weighted by Gasteiger charge is -2.06. The van der Waals surface area contributed by atoms with E-state index >= 15 is 0 Å². The van der Waals surface area contributed by atoms with Gasteiger partial charge in [-0.2, -0.15) is 0 Å². The lowest BCUT2D eigenvalue weighted by atomic mass is 10.00. The minimum atomic E-state index is 1.26. The fourth-order valence-electron chi connectivity index (χ4n) is 14.2. The number of benzene rings is 14. The van der Waals surface area contributed by atoms with E-state index in [1.807, 2.05) is 0 Å². The first-order valence-electron chi connectivity index (χ1n) is 32.3. The van der Waals surface area contributed by atoms with Crippen molar-refractivity contribution >= 4 is 109 Å². The summed E-state index contributed by atoms with van der Waals surface area (Å²) in [6.45, 7) is 0. The molecule has 5 nitrogen and oxygen atoms in total. The first-order valence-corrected chi connectivity index (χ1v) is 32.3. The van der Waals surface area contributed by atoms with E-state index in [0.717, 1.165) is 0 Å². The normalized spacial score (nSPS) is 11.2. The molecule has 19 aromatic rings. The maximum atomic E-state index is 2.30. The van der Waals surface area contributed by atoms with E-state index < -0.39 is 0 Å². The van der Waals surface area contributed by atoms with Crippen LogP contribution in [-0.2, 0) is 35.2 Å². The molecule has 0 unspecified atom stereocenters. The summed E-state index contributed by atoms with van der Waals surface area (Å²) < 4.78 is 11.4. The molecule has 14 aromatic carbocycles. The number of fused-ring (bicyclic) bond motifs is 15. The Labute approximate surface area is 548 Å². The van der Waals surface area contributed by atoms with Crippen molar-refractivity contribution in [2.24, 2.45) is 35.2 Å². The topological polar surface area (TPSA) is 24.6 Å². The maximum Gasteiger partial charge on any atom is 0.0568 e. The van der Waals surface area contributed by atoms with Crippen LogP contribution in [-0.4, -0.2) is 22.8 Å². The molecule has 0 saturated carbocycles. The molecule has 19 rings (SSSR count). The largest absolute Gasteiger partial charge is 0.344 e. The minimum Gasteiger partial charge on any atom is -0.344 e. The lowest BCUT2D eigenvalue weighted by Crippen LogP contribution is -1.89. The van der Waals surface area contributed by atoms with Gasteiger partial charge in [0.15, 0.2) is 0 Å². The van der Waals surface area contributed by atoms with E-state index in [0.29, 0.717) is 0 Å². The quantitative estimate of drug-likeness (QED) is 0.168. The van der Waals surface area contributed by atoms with E-state index in [1.165, 1.54) is 154 Å². The Morgan fingerprint density at radius 1 is 0.160 bits per heavy atom. The third-order valence-corrected chi connectivity index (χ3v) is 18.9. The van der Waals surface area contributed by atoms with Crippen molar-refractivity contribution < 1.29 is 0 Å². The maximum absolute atomic E-state index is 2.30. The molecule has 0 N–H and O–H groups in total. The van der Waals surface area contributed by atoms with Gasteiger partial charge in [0.1, 0.15) is 0 Å². The Balaban J connectivity index is 0.0000000974. The van der Waals surface area contributed by atoms with Crippen molar-refractivity contribution in [3.05, 3.63) is 340 Å². The van der Waals surface area contributed by atoms with Crippen molar-refractivity contribution in [3.63, 3.8) is 0 Å². The fraction of sp³-hybridized carbons (Fsp3) is 0.0562. The fourth-order valence-corrected chi connectivity index (χ4v) is 14.2. The van der Waals surface area contributed by atoms with Crippen LogP contribution in [0, 0.1) is 0 Å². The Kier molecular flexibility index (Phi) is 15.8. The SMILES string of the molecule is Cn1c2ccccc2c2c(-c3ccccc3)cccc21.Cn1c2ccccc2c2cc(-c3ccccc3)ccc21.Cn1c2ccccc2c2ccc(-c3ccccc3)cc21.Cn1c2ccccc2c2cccc(-c3ccccc3)c21.Cn1c2ccccc2c2ccccc21. The summed E-state index contributed by atoms with van der Waals surface area (Å²) in [5, 5.41) is 13.3. The monoisotopic (exact) mass is 1210 g/mol. The number of para-hydroxylation sites is 7. The zero-order valence-electron chi connectivity index (χ0n) is 53.6. The highest BCUT2D eigenvalue weighted by Gasteiger charge is 2.15. The molecule has 0 aliphatic carbocycles. The summed E-state index contributed by atoms with van der Waals surface area (Å²) in [7, 11) is 10.7. The predicted molar refractivity (Wildman–Crippen MR) is 404 cm³/mol. The van der Waals surface area contributed by atoms with Crippen LogP contribution in [0.25, 0.3) is 154 Å². The average molecular weight is 1210 g/mol. The molecule has 5 heterocycles. The van der Waals surface area contributed by atoms with Gasteiger partial charge in [-0.1, -0.05) is 279 Å². The highest BCUT2D eigenvalue weighted by atomic mass is 15.0. The third kappa shape index (κ3) is 10.7. The summed E-state index contributed by atoms with van der Waals surface area (Å²) in [4.78, 5) is 0. The zero-order valence-corrected chi connectivity index (χ0v) is 53.6. The molecular weight excluding hydrogens is 1140 g/mol. The minimum absolute atomic E-state index is 1.26. The van der Waals surface area contributed by atoms with E-state index in [2.05, 4.69) is 398 Å². The van der Waals surface area contributed by atoms with E-state index in [1.54, 1.807) is 0 Å². The average Bonchev–Trinajstić information content (AvgIpc) is 1.64. The number of nitrogens with zero attached hydrogens (tertiary/aromatic N) is 5. The molecule has 94 heavy (non-hydrogen) atoms. The van der Waals surface area contributed by atoms with Gasteiger partial charge < -0.3 is 22.8 Å². The number of hydrogen-bond acceptors (Lipinski definition) is 0. The van der Waals surface area contributed by atoms with E-state index in [9.17, 15) is 0 Å². The first-order chi connectivity index (χ1) is 46.3. The summed E-state index contributed by atoms with van der Waals surface area (Å²) in [6, 6.07) is 120. The standard InChI is InChI=1S/4C19H15N.C13H11N/c1-20-18-13-6-5-10-16(18)17-12-7-11-15(19(17)20)14-8-3-2-4-9-14;1-20-17-12-6-5-10-16(17)19-15(11-7-13-18(19)20)14-8-3-2-4-9-14;1-20-18-10-6-5-9-16(18)17-13-15(11-12-19(17)20)14-7-3-2-4-8-14;1-20-18-10-6-5-9-16(18)17-12-11-15(13-19(17)20)14-7-3-2-4-8-14;1-14-12-8-4-2-6-10(12)11-7-3-5-9-13(11)14/h4*2-13H,1H3;2-9H,1H3. The molecular formula is C89H71N5. The molecule has 0 fully saturated rings. The first kappa shape index (κ1) is 58.5. The van der Waals surface area contributed by atoms with Gasteiger partial charge in [0.2, 0.25) is 0 Å². The number of rotatable bonds is 4. The second kappa shape index (κ2) is 25.4. The van der Waals surface area contributed by atoms with Crippen LogP contribution in [0.1, 0.15) is 0 Å². The van der Waals surface area contributed by atoms with Crippen molar-refractivity contribution in [3.8, 4) is 44.5 Å². The lowest BCUT2D eigenvalue weighted by molar-refractivity contribution is 1.01. The molecule has 0 aliphatic heterocycles. The summed E-state index contributed by atoms with van der Waals surface area (Å²) in [6.07, 6.45) is 0. The van der Waals surface area contributed by atoms with Crippen LogP contribution < -0.4 is 0 Å². The second-order valence-electron chi connectivity index (χ2n) is 24.2. The number of hydrogen-bond donors (Lipinski definition) is 0. The Morgan fingerprint density at radius 3 is 0.957 bits per heavy atom. The van der Waals surface area contributed by atoms with Gasteiger partial charge in [0, 0.05) is 144 Å². The summed E-state index contributed by atoms with van der Waals surface area (Å²) >= 11 is 0. The van der Waals surface area contributed by atoms with Crippen molar-refractivity contribution in [1.29, 1.82) is 0 Å². The Morgan fingerprint density at radius 2 is 0.457 bits per heavy atom. The van der Waals surface area contributed by atoms with Crippen LogP contribution in [0.2, 0.25) is 0 Å². The van der Waals surface area contributed by atoms with E-state index in [-0.39, 0.29) is 0 Å². The molecule has 0 spiro atoms. The van der Waals surface area contributed by atoms with Crippen molar-refractivity contribution in [2.75, 3.05) is 0 Å². The van der Waals surface area contributed by atoms with Gasteiger partial charge in [-0.05, 0) is 99.6 Å². The molecule has 0 atom stereocenters. The Bertz CT molecular complexity index is 5820. The highest BCUT2D eigenvalue weighted by molar-refractivity contribution is 6.16. The number of aromatic nitrogens is 5. The van der Waals surface area contributed by atoms with Crippen molar-refractivity contribution in [2.45, 2.75) is 0 Å². The van der Waals surface area contributed by atoms with Gasteiger partial charge in [-0.3, -0.25) is 0 Å². The molecule has 0 bridgehead atoms. The van der Waals surface area contributed by atoms with Crippen LogP contribution in [0.3, 0.4) is 0 Å². The second-order valence-corrected chi connectivity index (χ2v) is 24.2. The molecule has 0 aliphatic rings. The van der Waals surface area contributed by atoms with Crippen LogP contribution in [0.5, 0.6) is 0 Å². The van der Waals surface area contributed by atoms with Gasteiger partial charge in [-0.25, -0.2) is 0 Å². The van der Waals surface area contributed by atoms with Crippen LogP contribution in [0.15, 0.2) is 340 Å². The van der Waals surface area contributed by atoms with Crippen LogP contribution >= 0.6 is 0 Å². The smallest absolute Gasteiger partial charge is 0.0568 e. The molecule has 0 amide bonds. The van der Waals surface area contributed by atoms with E-state index in [4.69, 9.17) is 0 Å². The predicted octanol–water partition coefficient (Wildman–Crippen LogP) is 23.3. The molecule has 0 radical (unpaired) electrons. The number of aryl methyl sites for hydroxylation is 5. The molecule has 0 saturated heterocycles. The summed E-state index contributed by atoms with van der Waals surface area (Å²) in [5.41, 5.74) is 23.1. The molecule has 5 heteroatoms. The third-order valence-electron chi connectivity index (χ3n) is 18.9. The van der Waals surface area contributed by atoms with Gasteiger partial charge in [0.05, 0.1) is 5.52 Å². The van der Waals surface area contributed by atoms with Gasteiger partial charge in [-0.15, -0.1) is 0 Å². The molecule has 5 aromatic heterocycles.